The number of rotatable bonds is 3. The molecule has 4 N–H and O–H groups in total. The molecule has 0 aliphatic carbocycles. The maximum atomic E-state index is 9.24. The maximum absolute atomic E-state index is 9.24. The first kappa shape index (κ1) is 15.1. The lowest BCUT2D eigenvalue weighted by Crippen LogP contribution is -2.25. The molecule has 7 heteroatoms. The molecule has 0 bridgehead atoms. The minimum absolute atomic E-state index is 0.0408. The molecule has 2 heterocycles. The molecule has 0 unspecified atom stereocenters. The molecule has 0 spiro atoms. The molecule has 1 aromatic carbocycles. The number of nitrogens with zero attached hydrogens (tertiary/aromatic N) is 3. The first-order valence-corrected chi connectivity index (χ1v) is 7.35. The van der Waals surface area contributed by atoms with E-state index in [-0.39, 0.29) is 23.4 Å². The highest BCUT2D eigenvalue weighted by atomic mass is 16.5. The minimum Gasteiger partial charge on any atom is -0.490 e. The average molecular weight is 311 g/mol. The first-order valence-electron chi connectivity index (χ1n) is 7.35. The van der Waals surface area contributed by atoms with Gasteiger partial charge in [-0.2, -0.15) is 10.2 Å². The van der Waals surface area contributed by atoms with Crippen molar-refractivity contribution in [2.24, 2.45) is 0 Å². The van der Waals surface area contributed by atoms with E-state index in [4.69, 9.17) is 20.9 Å². The summed E-state index contributed by atoms with van der Waals surface area (Å²) in [4.78, 5) is 7.94. The van der Waals surface area contributed by atoms with Gasteiger partial charge in [0.15, 0.2) is 0 Å². The quantitative estimate of drug-likeness (QED) is 0.885. The summed E-state index contributed by atoms with van der Waals surface area (Å²) in [6.45, 7) is 1.46. The normalized spacial score (nSPS) is 15.1. The van der Waals surface area contributed by atoms with Gasteiger partial charge in [0.05, 0.1) is 18.9 Å². The Hall–Kier alpha value is -2.85. The standard InChI is InChI=1S/C16H17N5O2/c17-9-13-14(20-16(19)21-15(13)18)10-1-3-11(4-2-10)23-12-5-7-22-8-6-12/h1-4,12H,5-8H2,(H4,18,19,20,21). The van der Waals surface area contributed by atoms with Crippen LogP contribution in [0.25, 0.3) is 11.3 Å². The van der Waals surface area contributed by atoms with Gasteiger partial charge in [0.25, 0.3) is 0 Å². The van der Waals surface area contributed by atoms with Gasteiger partial charge in [0.2, 0.25) is 5.95 Å². The summed E-state index contributed by atoms with van der Waals surface area (Å²) in [5.74, 6) is 0.894. The third-order valence-electron chi connectivity index (χ3n) is 3.66. The smallest absolute Gasteiger partial charge is 0.222 e. The molecule has 0 saturated carbocycles. The zero-order valence-corrected chi connectivity index (χ0v) is 12.5. The van der Waals surface area contributed by atoms with Crippen molar-refractivity contribution in [3.63, 3.8) is 0 Å². The SMILES string of the molecule is N#Cc1c(N)nc(N)nc1-c1ccc(OC2CCOCC2)cc1. The van der Waals surface area contributed by atoms with E-state index < -0.39 is 0 Å². The molecule has 1 aromatic heterocycles. The predicted octanol–water partition coefficient (Wildman–Crippen LogP) is 1.74. The number of nitrogen functional groups attached to an aromatic ring is 2. The topological polar surface area (TPSA) is 120 Å². The van der Waals surface area contributed by atoms with Gasteiger partial charge in [0, 0.05) is 18.4 Å². The molecular weight excluding hydrogens is 294 g/mol. The van der Waals surface area contributed by atoms with Crippen LogP contribution < -0.4 is 16.2 Å². The van der Waals surface area contributed by atoms with Crippen LogP contribution in [0, 0.1) is 11.3 Å². The summed E-state index contributed by atoms with van der Waals surface area (Å²) in [5.41, 5.74) is 12.7. The lowest BCUT2D eigenvalue weighted by Gasteiger charge is -2.23. The third kappa shape index (κ3) is 3.33. The van der Waals surface area contributed by atoms with Crippen molar-refractivity contribution in [1.82, 2.24) is 9.97 Å². The van der Waals surface area contributed by atoms with Crippen molar-refractivity contribution in [3.05, 3.63) is 29.8 Å². The second kappa shape index (κ2) is 6.50. The maximum Gasteiger partial charge on any atom is 0.222 e. The van der Waals surface area contributed by atoms with Crippen molar-refractivity contribution in [3.8, 4) is 23.1 Å². The van der Waals surface area contributed by atoms with E-state index in [0.717, 1.165) is 37.4 Å². The van der Waals surface area contributed by atoms with Gasteiger partial charge in [-0.1, -0.05) is 0 Å². The molecule has 7 nitrogen and oxygen atoms in total. The Morgan fingerprint density at radius 1 is 1.13 bits per heavy atom. The molecule has 1 aliphatic rings. The molecule has 0 amide bonds. The Kier molecular flexibility index (Phi) is 4.26. The van der Waals surface area contributed by atoms with E-state index in [1.54, 1.807) is 0 Å². The minimum atomic E-state index is 0.0408. The molecule has 1 fully saturated rings. The van der Waals surface area contributed by atoms with Crippen LogP contribution in [0.15, 0.2) is 24.3 Å². The van der Waals surface area contributed by atoms with Crippen LogP contribution in [-0.2, 0) is 4.74 Å². The molecule has 1 aliphatic heterocycles. The highest BCUT2D eigenvalue weighted by Gasteiger charge is 2.16. The van der Waals surface area contributed by atoms with Gasteiger partial charge in [0.1, 0.15) is 29.3 Å². The lowest BCUT2D eigenvalue weighted by molar-refractivity contribution is 0.0256. The van der Waals surface area contributed by atoms with E-state index >= 15 is 0 Å². The van der Waals surface area contributed by atoms with Crippen molar-refractivity contribution >= 4 is 11.8 Å². The van der Waals surface area contributed by atoms with Crippen LogP contribution in [-0.4, -0.2) is 29.3 Å². The van der Waals surface area contributed by atoms with Crippen molar-refractivity contribution in [2.45, 2.75) is 18.9 Å². The fourth-order valence-corrected chi connectivity index (χ4v) is 2.49. The van der Waals surface area contributed by atoms with E-state index in [9.17, 15) is 5.26 Å². The van der Waals surface area contributed by atoms with Crippen LogP contribution >= 0.6 is 0 Å². The second-order valence-corrected chi connectivity index (χ2v) is 5.26. The average Bonchev–Trinajstić information content (AvgIpc) is 2.56. The van der Waals surface area contributed by atoms with Gasteiger partial charge < -0.3 is 20.9 Å². The lowest BCUT2D eigenvalue weighted by atomic mass is 10.1. The van der Waals surface area contributed by atoms with Gasteiger partial charge >= 0.3 is 0 Å². The highest BCUT2D eigenvalue weighted by molar-refractivity contribution is 5.73. The molecule has 0 atom stereocenters. The van der Waals surface area contributed by atoms with Crippen molar-refractivity contribution < 1.29 is 9.47 Å². The second-order valence-electron chi connectivity index (χ2n) is 5.26. The number of hydrogen-bond donors (Lipinski definition) is 2. The number of aromatic nitrogens is 2. The van der Waals surface area contributed by atoms with Crippen LogP contribution in [0.3, 0.4) is 0 Å². The predicted molar refractivity (Wildman–Crippen MR) is 85.5 cm³/mol. The molecule has 1 saturated heterocycles. The Morgan fingerprint density at radius 3 is 2.48 bits per heavy atom. The number of ether oxygens (including phenoxy) is 2. The number of anilines is 2. The zero-order chi connectivity index (χ0) is 16.2. The van der Waals surface area contributed by atoms with Gasteiger partial charge in [-0.15, -0.1) is 0 Å². The van der Waals surface area contributed by atoms with Crippen molar-refractivity contribution in [2.75, 3.05) is 24.7 Å². The van der Waals surface area contributed by atoms with E-state index in [0.29, 0.717) is 5.69 Å². The number of nitrogens with two attached hydrogens (primary N) is 2. The van der Waals surface area contributed by atoms with E-state index in [1.807, 2.05) is 30.3 Å². The van der Waals surface area contributed by atoms with Crippen molar-refractivity contribution in [1.29, 1.82) is 5.26 Å². The summed E-state index contributed by atoms with van der Waals surface area (Å²) in [5, 5.41) is 9.24. The summed E-state index contributed by atoms with van der Waals surface area (Å²) in [6, 6.07) is 9.37. The molecule has 3 rings (SSSR count). The number of hydrogen-bond acceptors (Lipinski definition) is 7. The van der Waals surface area contributed by atoms with Gasteiger partial charge in [-0.3, -0.25) is 0 Å². The summed E-state index contributed by atoms with van der Waals surface area (Å²) in [7, 11) is 0. The fraction of sp³-hybridized carbons (Fsp3) is 0.312. The van der Waals surface area contributed by atoms with Gasteiger partial charge in [-0.05, 0) is 24.3 Å². The summed E-state index contributed by atoms with van der Waals surface area (Å²) in [6.07, 6.45) is 1.95. The van der Waals surface area contributed by atoms with Gasteiger partial charge in [-0.25, -0.2) is 4.98 Å². The van der Waals surface area contributed by atoms with Crippen LogP contribution in [0.4, 0.5) is 11.8 Å². The Labute approximate surface area is 133 Å². The number of nitriles is 1. The van der Waals surface area contributed by atoms with E-state index in [1.165, 1.54) is 0 Å². The largest absolute Gasteiger partial charge is 0.490 e. The molecular formula is C16H17N5O2. The monoisotopic (exact) mass is 311 g/mol. The highest BCUT2D eigenvalue weighted by Crippen LogP contribution is 2.27. The third-order valence-corrected chi connectivity index (χ3v) is 3.66. The summed E-state index contributed by atoms with van der Waals surface area (Å²) < 4.78 is 11.2. The Morgan fingerprint density at radius 2 is 1.83 bits per heavy atom. The summed E-state index contributed by atoms with van der Waals surface area (Å²) >= 11 is 0. The molecule has 2 aromatic rings. The Bertz CT molecular complexity index is 733. The number of benzene rings is 1. The molecule has 118 valence electrons. The zero-order valence-electron chi connectivity index (χ0n) is 12.5. The van der Waals surface area contributed by atoms with Crippen LogP contribution in [0.1, 0.15) is 18.4 Å². The Balaban J connectivity index is 1.84. The van der Waals surface area contributed by atoms with Crippen LogP contribution in [0.5, 0.6) is 5.75 Å². The first-order chi connectivity index (χ1) is 11.2. The van der Waals surface area contributed by atoms with Crippen LogP contribution in [0.2, 0.25) is 0 Å². The molecule has 0 radical (unpaired) electrons. The van der Waals surface area contributed by atoms with E-state index in [2.05, 4.69) is 9.97 Å². The fourth-order valence-electron chi connectivity index (χ4n) is 2.49. The molecule has 23 heavy (non-hydrogen) atoms.